The van der Waals surface area contributed by atoms with E-state index in [9.17, 15) is 9.59 Å². The lowest BCUT2D eigenvalue weighted by molar-refractivity contribution is -0.163. The number of unbranched alkanes of at least 4 members (excludes halogenated alkanes) is 31. The molecule has 0 heterocycles. The van der Waals surface area contributed by atoms with Gasteiger partial charge in [-0.3, -0.25) is 9.59 Å². The van der Waals surface area contributed by atoms with Crippen LogP contribution < -0.4 is 0 Å². The van der Waals surface area contributed by atoms with Crippen molar-refractivity contribution < 1.29 is 23.8 Å². The van der Waals surface area contributed by atoms with Gasteiger partial charge in [-0.25, -0.2) is 0 Å². The van der Waals surface area contributed by atoms with Gasteiger partial charge in [0.2, 0.25) is 0 Å². The van der Waals surface area contributed by atoms with Crippen molar-refractivity contribution >= 4 is 11.9 Å². The Morgan fingerprint density at radius 2 is 0.660 bits per heavy atom. The molecular weight excluding hydrogens is 620 g/mol. The Morgan fingerprint density at radius 1 is 0.360 bits per heavy atom. The summed E-state index contributed by atoms with van der Waals surface area (Å²) in [6, 6.07) is 0. The van der Waals surface area contributed by atoms with Crippen molar-refractivity contribution in [1.29, 1.82) is 0 Å². The molecule has 0 saturated carbocycles. The van der Waals surface area contributed by atoms with Crippen LogP contribution in [-0.2, 0) is 23.8 Å². The maximum absolute atomic E-state index is 12.6. The lowest BCUT2D eigenvalue weighted by Gasteiger charge is -2.18. The molecule has 0 amide bonds. The zero-order chi connectivity index (χ0) is 36.4. The fourth-order valence-electron chi connectivity index (χ4n) is 6.75. The molecule has 0 aromatic heterocycles. The van der Waals surface area contributed by atoms with Gasteiger partial charge in [-0.15, -0.1) is 0 Å². The van der Waals surface area contributed by atoms with Crippen molar-refractivity contribution in [3.63, 3.8) is 0 Å². The Kier molecular flexibility index (Phi) is 41.4. The number of hydrogen-bond acceptors (Lipinski definition) is 5. The lowest BCUT2D eigenvalue weighted by atomic mass is 10.0. The van der Waals surface area contributed by atoms with Gasteiger partial charge in [0.05, 0.1) is 6.61 Å². The van der Waals surface area contributed by atoms with Gasteiger partial charge in [0.1, 0.15) is 6.61 Å². The van der Waals surface area contributed by atoms with Crippen LogP contribution in [0.3, 0.4) is 0 Å². The van der Waals surface area contributed by atoms with E-state index in [0.717, 1.165) is 32.1 Å². The van der Waals surface area contributed by atoms with Crippen LogP contribution in [0.15, 0.2) is 0 Å². The van der Waals surface area contributed by atoms with Crippen molar-refractivity contribution in [2.75, 3.05) is 19.8 Å². The molecule has 1 unspecified atom stereocenters. The van der Waals surface area contributed by atoms with Crippen molar-refractivity contribution in [1.82, 2.24) is 0 Å². The van der Waals surface area contributed by atoms with Gasteiger partial charge in [0.15, 0.2) is 6.10 Å². The largest absolute Gasteiger partial charge is 0.462 e. The quantitative estimate of drug-likeness (QED) is 0.0466. The van der Waals surface area contributed by atoms with Gasteiger partial charge >= 0.3 is 11.9 Å². The third kappa shape index (κ3) is 39.7. The summed E-state index contributed by atoms with van der Waals surface area (Å²) in [6.45, 7) is 7.84. The average molecular weight is 709 g/mol. The lowest BCUT2D eigenvalue weighted by Crippen LogP contribution is -2.30. The molecule has 0 aromatic carbocycles. The molecule has 0 N–H and O–H groups in total. The smallest absolute Gasteiger partial charge is 0.306 e. The molecular formula is C45H88O5. The number of ether oxygens (including phenoxy) is 3. The van der Waals surface area contributed by atoms with Crippen LogP contribution in [0, 0.1) is 0 Å². The number of rotatable bonds is 42. The van der Waals surface area contributed by atoms with Gasteiger partial charge < -0.3 is 14.2 Å². The van der Waals surface area contributed by atoms with Crippen molar-refractivity contribution in [2.24, 2.45) is 0 Å². The van der Waals surface area contributed by atoms with Crippen LogP contribution in [0.25, 0.3) is 0 Å². The van der Waals surface area contributed by atoms with Gasteiger partial charge in [0.25, 0.3) is 0 Å². The third-order valence-corrected chi connectivity index (χ3v) is 10.1. The SMILES string of the molecule is CCCCCCCCCCCCCCCCCCCC(=O)OCC(COCCCCCCCCCC)OC(=O)CCCCCCCCCCC. The van der Waals surface area contributed by atoms with E-state index in [2.05, 4.69) is 20.8 Å². The number of hydrogen-bond donors (Lipinski definition) is 0. The molecule has 50 heavy (non-hydrogen) atoms. The summed E-state index contributed by atoms with van der Waals surface area (Å²) in [6.07, 6.45) is 43.9. The van der Waals surface area contributed by atoms with Crippen LogP contribution in [0.5, 0.6) is 0 Å². The Balaban J connectivity index is 4.06. The number of esters is 2. The second-order valence-corrected chi connectivity index (χ2v) is 15.3. The topological polar surface area (TPSA) is 61.8 Å². The van der Waals surface area contributed by atoms with E-state index in [4.69, 9.17) is 14.2 Å². The summed E-state index contributed by atoms with van der Waals surface area (Å²) in [5.41, 5.74) is 0. The van der Waals surface area contributed by atoms with Crippen LogP contribution in [-0.4, -0.2) is 37.9 Å². The van der Waals surface area contributed by atoms with Crippen molar-refractivity contribution in [3.05, 3.63) is 0 Å². The first-order valence-electron chi connectivity index (χ1n) is 22.6. The molecule has 0 spiro atoms. The van der Waals surface area contributed by atoms with Crippen LogP contribution in [0.2, 0.25) is 0 Å². The summed E-state index contributed by atoms with van der Waals surface area (Å²) >= 11 is 0. The average Bonchev–Trinajstić information content (AvgIpc) is 3.11. The highest BCUT2D eigenvalue weighted by Crippen LogP contribution is 2.16. The molecule has 0 aliphatic heterocycles. The predicted molar refractivity (Wildman–Crippen MR) is 215 cm³/mol. The van der Waals surface area contributed by atoms with Crippen LogP contribution >= 0.6 is 0 Å². The minimum absolute atomic E-state index is 0.0960. The molecule has 0 aliphatic rings. The first-order chi connectivity index (χ1) is 24.6. The fraction of sp³-hybridized carbons (Fsp3) is 0.956. The second kappa shape index (κ2) is 42.3. The zero-order valence-corrected chi connectivity index (χ0v) is 34.2. The molecule has 0 aliphatic carbocycles. The Hall–Kier alpha value is -1.10. The van der Waals surface area contributed by atoms with Crippen LogP contribution in [0.1, 0.15) is 252 Å². The Bertz CT molecular complexity index is 680. The zero-order valence-electron chi connectivity index (χ0n) is 34.2. The molecule has 0 aromatic rings. The first-order valence-corrected chi connectivity index (χ1v) is 22.6. The first kappa shape index (κ1) is 48.9. The molecule has 298 valence electrons. The number of carbonyl (C=O) groups excluding carboxylic acids is 2. The highest BCUT2D eigenvalue weighted by molar-refractivity contribution is 5.70. The van der Waals surface area contributed by atoms with Gasteiger partial charge in [-0.2, -0.15) is 0 Å². The standard InChI is InChI=1S/C45H88O5/c1-4-7-10-13-16-19-20-21-22-23-24-25-26-28-29-32-35-38-44(46)49-42-43(41-48-40-37-34-31-18-15-12-9-6-3)50-45(47)39-36-33-30-27-17-14-11-8-5-2/h43H,4-42H2,1-3H3. The summed E-state index contributed by atoms with van der Waals surface area (Å²) in [7, 11) is 0. The predicted octanol–water partition coefficient (Wildman–Crippen LogP) is 14.6. The molecule has 5 heteroatoms. The van der Waals surface area contributed by atoms with Gasteiger partial charge in [0, 0.05) is 19.4 Å². The molecule has 0 radical (unpaired) electrons. The molecule has 1 atom stereocenters. The van der Waals surface area contributed by atoms with E-state index < -0.39 is 6.10 Å². The molecule has 0 bridgehead atoms. The molecule has 0 rings (SSSR count). The van der Waals surface area contributed by atoms with E-state index in [0.29, 0.717) is 26.1 Å². The summed E-state index contributed by atoms with van der Waals surface area (Å²) in [5.74, 6) is -0.383. The Labute approximate surface area is 312 Å². The van der Waals surface area contributed by atoms with Crippen molar-refractivity contribution in [3.8, 4) is 0 Å². The number of carbonyl (C=O) groups is 2. The maximum atomic E-state index is 12.6. The Morgan fingerprint density at radius 3 is 1.02 bits per heavy atom. The van der Waals surface area contributed by atoms with E-state index in [1.54, 1.807) is 0 Å². The van der Waals surface area contributed by atoms with Gasteiger partial charge in [-0.05, 0) is 19.3 Å². The van der Waals surface area contributed by atoms with Crippen LogP contribution in [0.4, 0.5) is 0 Å². The minimum atomic E-state index is -0.519. The van der Waals surface area contributed by atoms with Crippen molar-refractivity contribution in [2.45, 2.75) is 258 Å². The van der Waals surface area contributed by atoms with Gasteiger partial charge in [-0.1, -0.05) is 220 Å². The van der Waals surface area contributed by atoms with E-state index in [1.165, 1.54) is 186 Å². The van der Waals surface area contributed by atoms with E-state index >= 15 is 0 Å². The minimum Gasteiger partial charge on any atom is -0.462 e. The summed E-state index contributed by atoms with van der Waals surface area (Å²) in [5, 5.41) is 0. The summed E-state index contributed by atoms with van der Waals surface area (Å²) in [4.78, 5) is 25.1. The molecule has 0 fully saturated rings. The van der Waals surface area contributed by atoms with E-state index in [-0.39, 0.29) is 18.5 Å². The molecule has 5 nitrogen and oxygen atoms in total. The fourth-order valence-corrected chi connectivity index (χ4v) is 6.75. The summed E-state index contributed by atoms with van der Waals surface area (Å²) < 4.78 is 17.2. The highest BCUT2D eigenvalue weighted by Gasteiger charge is 2.17. The monoisotopic (exact) mass is 709 g/mol. The van der Waals surface area contributed by atoms with E-state index in [1.807, 2.05) is 0 Å². The maximum Gasteiger partial charge on any atom is 0.306 e. The second-order valence-electron chi connectivity index (χ2n) is 15.3. The highest BCUT2D eigenvalue weighted by atomic mass is 16.6. The normalized spacial score (nSPS) is 12.0. The third-order valence-electron chi connectivity index (χ3n) is 10.1. The molecule has 0 saturated heterocycles.